The molecule has 2 nitrogen and oxygen atoms in total. The Kier molecular flexibility index (Phi) is 6.02. The normalized spacial score (nSPS) is 13.6. The van der Waals surface area contributed by atoms with E-state index in [1.54, 1.807) is 7.11 Å². The molecule has 0 heterocycles. The average molecular weight is 263 g/mol. The zero-order valence-corrected chi connectivity index (χ0v) is 13.3. The van der Waals surface area contributed by atoms with Crippen LogP contribution < -0.4 is 5.32 Å². The maximum absolute atomic E-state index is 5.53. The highest BCUT2D eigenvalue weighted by molar-refractivity contribution is 5.35. The van der Waals surface area contributed by atoms with E-state index in [9.17, 15) is 0 Å². The Morgan fingerprint density at radius 3 is 2.53 bits per heavy atom. The number of aryl methyl sites for hydroxylation is 1. The van der Waals surface area contributed by atoms with Gasteiger partial charge < -0.3 is 10.1 Å². The summed E-state index contributed by atoms with van der Waals surface area (Å²) in [7, 11) is 1.79. The molecule has 1 atom stereocenters. The van der Waals surface area contributed by atoms with E-state index in [4.69, 9.17) is 4.74 Å². The van der Waals surface area contributed by atoms with Gasteiger partial charge >= 0.3 is 0 Å². The molecule has 19 heavy (non-hydrogen) atoms. The molecule has 0 aliphatic rings. The van der Waals surface area contributed by atoms with Crippen LogP contribution in [0.5, 0.6) is 0 Å². The number of nitrogens with one attached hydrogen (secondary N) is 1. The van der Waals surface area contributed by atoms with Crippen molar-refractivity contribution in [3.63, 3.8) is 0 Å². The molecule has 0 saturated carbocycles. The summed E-state index contributed by atoms with van der Waals surface area (Å²) >= 11 is 0. The lowest BCUT2D eigenvalue weighted by Crippen LogP contribution is -2.27. The zero-order chi connectivity index (χ0) is 14.5. The molecule has 1 aromatic rings. The second kappa shape index (κ2) is 7.06. The maximum Gasteiger partial charge on any atom is 0.0623 e. The van der Waals surface area contributed by atoms with Crippen LogP contribution in [0.2, 0.25) is 0 Å². The van der Waals surface area contributed by atoms with Gasteiger partial charge in [0.05, 0.1) is 5.60 Å². The van der Waals surface area contributed by atoms with Gasteiger partial charge in [-0.1, -0.05) is 25.1 Å². The van der Waals surface area contributed by atoms with Gasteiger partial charge in [-0.2, -0.15) is 0 Å². The highest BCUT2D eigenvalue weighted by Gasteiger charge is 2.20. The SMILES string of the molecule is CCNC(CCC(C)(C)OC)c1cccc(C)c1C. The van der Waals surface area contributed by atoms with Crippen molar-refractivity contribution < 1.29 is 4.74 Å². The van der Waals surface area contributed by atoms with Crippen LogP contribution >= 0.6 is 0 Å². The first kappa shape index (κ1) is 16.2. The monoisotopic (exact) mass is 263 g/mol. The summed E-state index contributed by atoms with van der Waals surface area (Å²) in [5.41, 5.74) is 4.15. The number of rotatable bonds is 7. The van der Waals surface area contributed by atoms with Crippen molar-refractivity contribution in [1.82, 2.24) is 5.32 Å². The predicted molar refractivity (Wildman–Crippen MR) is 82.7 cm³/mol. The smallest absolute Gasteiger partial charge is 0.0623 e. The van der Waals surface area contributed by atoms with Crippen molar-refractivity contribution in [3.8, 4) is 0 Å². The van der Waals surface area contributed by atoms with E-state index < -0.39 is 0 Å². The molecule has 2 heteroatoms. The topological polar surface area (TPSA) is 21.3 Å². The van der Waals surface area contributed by atoms with Gasteiger partial charge in [0.1, 0.15) is 0 Å². The van der Waals surface area contributed by atoms with Crippen LogP contribution in [0.4, 0.5) is 0 Å². The summed E-state index contributed by atoms with van der Waals surface area (Å²) < 4.78 is 5.53. The van der Waals surface area contributed by atoms with Crippen LogP contribution in [0.1, 0.15) is 56.3 Å². The Bertz CT molecular complexity index is 398. The lowest BCUT2D eigenvalue weighted by atomic mass is 9.91. The summed E-state index contributed by atoms with van der Waals surface area (Å²) in [5, 5.41) is 3.61. The fraction of sp³-hybridized carbons (Fsp3) is 0.647. The van der Waals surface area contributed by atoms with Gasteiger partial charge in [0.25, 0.3) is 0 Å². The van der Waals surface area contributed by atoms with Gasteiger partial charge in [-0.15, -0.1) is 0 Å². The van der Waals surface area contributed by atoms with E-state index in [0.717, 1.165) is 19.4 Å². The Labute approximate surface area is 118 Å². The Balaban J connectivity index is 2.85. The molecule has 0 saturated heterocycles. The first-order chi connectivity index (χ1) is 8.91. The van der Waals surface area contributed by atoms with Crippen LogP contribution in [0.3, 0.4) is 0 Å². The fourth-order valence-corrected chi connectivity index (χ4v) is 2.36. The van der Waals surface area contributed by atoms with Crippen LogP contribution in [-0.2, 0) is 4.74 Å². The molecule has 0 aromatic heterocycles. The molecule has 0 aliphatic carbocycles. The number of benzene rings is 1. The number of hydrogen-bond donors (Lipinski definition) is 1. The molecule has 1 N–H and O–H groups in total. The van der Waals surface area contributed by atoms with Crippen molar-refractivity contribution in [2.75, 3.05) is 13.7 Å². The highest BCUT2D eigenvalue weighted by Crippen LogP contribution is 2.27. The van der Waals surface area contributed by atoms with Gasteiger partial charge in [0.15, 0.2) is 0 Å². The predicted octanol–water partition coefficient (Wildman–Crippen LogP) is 4.16. The minimum Gasteiger partial charge on any atom is -0.379 e. The Morgan fingerprint density at radius 2 is 1.95 bits per heavy atom. The van der Waals surface area contributed by atoms with Gasteiger partial charge in [0, 0.05) is 13.2 Å². The molecular weight excluding hydrogens is 234 g/mol. The molecule has 0 amide bonds. The fourth-order valence-electron chi connectivity index (χ4n) is 2.36. The molecule has 0 fully saturated rings. The lowest BCUT2D eigenvalue weighted by molar-refractivity contribution is 0.0117. The second-order valence-electron chi connectivity index (χ2n) is 5.90. The molecule has 0 spiro atoms. The summed E-state index contributed by atoms with van der Waals surface area (Å²) in [6.45, 7) is 11.9. The second-order valence-corrected chi connectivity index (χ2v) is 5.90. The largest absolute Gasteiger partial charge is 0.379 e. The zero-order valence-electron chi connectivity index (χ0n) is 13.3. The summed E-state index contributed by atoms with van der Waals surface area (Å²) in [5.74, 6) is 0. The van der Waals surface area contributed by atoms with Crippen LogP contribution in [-0.4, -0.2) is 19.3 Å². The molecule has 1 unspecified atom stereocenters. The van der Waals surface area contributed by atoms with E-state index in [0.29, 0.717) is 6.04 Å². The minimum atomic E-state index is -0.0502. The summed E-state index contributed by atoms with van der Waals surface area (Å²) in [6.07, 6.45) is 2.15. The number of methoxy groups -OCH3 is 1. The third-order valence-electron chi connectivity index (χ3n) is 4.06. The molecule has 108 valence electrons. The highest BCUT2D eigenvalue weighted by atomic mass is 16.5. The molecule has 0 aliphatic heterocycles. The van der Waals surface area contributed by atoms with Gasteiger partial charge in [-0.3, -0.25) is 0 Å². The quantitative estimate of drug-likeness (QED) is 0.797. The Hall–Kier alpha value is -0.860. The standard InChI is InChI=1S/C17H29NO/c1-7-18-16(11-12-17(4,5)19-6)15-10-8-9-13(2)14(15)3/h8-10,16,18H,7,11-12H2,1-6H3. The molecule has 0 bridgehead atoms. The van der Waals surface area contributed by atoms with Crippen LogP contribution in [0.15, 0.2) is 18.2 Å². The van der Waals surface area contributed by atoms with Crippen molar-refractivity contribution >= 4 is 0 Å². The summed E-state index contributed by atoms with van der Waals surface area (Å²) in [6, 6.07) is 7.00. The maximum atomic E-state index is 5.53. The average Bonchev–Trinajstić information content (AvgIpc) is 2.38. The number of hydrogen-bond acceptors (Lipinski definition) is 2. The van der Waals surface area contributed by atoms with E-state index in [1.165, 1.54) is 16.7 Å². The van der Waals surface area contributed by atoms with Gasteiger partial charge in [-0.25, -0.2) is 0 Å². The molecule has 1 rings (SSSR count). The third kappa shape index (κ3) is 4.63. The van der Waals surface area contributed by atoms with Gasteiger partial charge in [0.2, 0.25) is 0 Å². The van der Waals surface area contributed by atoms with Crippen molar-refractivity contribution in [2.45, 2.75) is 59.1 Å². The van der Waals surface area contributed by atoms with Crippen LogP contribution in [0, 0.1) is 13.8 Å². The van der Waals surface area contributed by atoms with E-state index in [-0.39, 0.29) is 5.60 Å². The first-order valence-electron chi connectivity index (χ1n) is 7.26. The minimum absolute atomic E-state index is 0.0502. The van der Waals surface area contributed by atoms with E-state index in [1.807, 2.05) is 0 Å². The molecule has 1 aromatic carbocycles. The van der Waals surface area contributed by atoms with E-state index >= 15 is 0 Å². The van der Waals surface area contributed by atoms with Crippen molar-refractivity contribution in [1.29, 1.82) is 0 Å². The first-order valence-corrected chi connectivity index (χ1v) is 7.26. The molecular formula is C17H29NO. The Morgan fingerprint density at radius 1 is 1.26 bits per heavy atom. The number of ether oxygens (including phenoxy) is 1. The molecule has 0 radical (unpaired) electrons. The van der Waals surface area contributed by atoms with Crippen molar-refractivity contribution in [2.24, 2.45) is 0 Å². The lowest BCUT2D eigenvalue weighted by Gasteiger charge is -2.27. The van der Waals surface area contributed by atoms with Crippen molar-refractivity contribution in [3.05, 3.63) is 34.9 Å². The van der Waals surface area contributed by atoms with E-state index in [2.05, 4.69) is 58.1 Å². The summed E-state index contributed by atoms with van der Waals surface area (Å²) in [4.78, 5) is 0. The van der Waals surface area contributed by atoms with Gasteiger partial charge in [-0.05, 0) is 63.8 Å². The van der Waals surface area contributed by atoms with Crippen LogP contribution in [0.25, 0.3) is 0 Å². The third-order valence-corrected chi connectivity index (χ3v) is 4.06.